The molecule has 0 saturated heterocycles. The summed E-state index contributed by atoms with van der Waals surface area (Å²) in [7, 11) is 0. The minimum atomic E-state index is -5.32. The Hall–Kier alpha value is -2.57. The van der Waals surface area contributed by atoms with Gasteiger partial charge in [-0.1, -0.05) is 11.6 Å². The molecule has 0 fully saturated rings. The molecule has 0 amide bonds. The van der Waals surface area contributed by atoms with E-state index in [1.165, 1.54) is 0 Å². The van der Waals surface area contributed by atoms with Gasteiger partial charge in [0.25, 0.3) is 0 Å². The highest BCUT2D eigenvalue weighted by Gasteiger charge is 2.42. The summed E-state index contributed by atoms with van der Waals surface area (Å²) in [4.78, 5) is 10.9. The van der Waals surface area contributed by atoms with Gasteiger partial charge in [0.05, 0.1) is 10.6 Å². The third-order valence-electron chi connectivity index (χ3n) is 3.42. The number of benzene rings is 1. The molecule has 0 unspecified atom stereocenters. The monoisotopic (exact) mass is 434 g/mol. The number of H-pyrrole nitrogens is 1. The van der Waals surface area contributed by atoms with E-state index in [0.717, 1.165) is 6.07 Å². The average molecular weight is 435 g/mol. The second-order valence-electron chi connectivity index (χ2n) is 5.37. The molecule has 0 aliphatic carbocycles. The minimum absolute atomic E-state index is 0.329. The van der Waals surface area contributed by atoms with E-state index < -0.39 is 58.2 Å². The predicted octanol–water partition coefficient (Wildman–Crippen LogP) is 5.73. The number of nitrogens with zero attached hydrogens (tertiary/aromatic N) is 3. The molecule has 0 spiro atoms. The van der Waals surface area contributed by atoms with Crippen molar-refractivity contribution in [2.24, 2.45) is 0 Å². The molecule has 14 heteroatoms. The van der Waals surface area contributed by atoms with Crippen LogP contribution >= 0.6 is 11.6 Å². The second-order valence-corrected chi connectivity index (χ2v) is 5.77. The van der Waals surface area contributed by atoms with Crippen LogP contribution < -0.4 is 0 Å². The van der Waals surface area contributed by atoms with Gasteiger partial charge in [-0.3, -0.25) is 0 Å². The SMILES string of the molecule is FC(F)(F)c1ccc(Cl)c(-c2nc3nc(C(F)(F)F)nc(C(F)(F)F)c3[nH]2)c1. The highest BCUT2D eigenvalue weighted by molar-refractivity contribution is 6.33. The van der Waals surface area contributed by atoms with Crippen molar-refractivity contribution >= 4 is 22.8 Å². The number of halogens is 10. The molecule has 150 valence electrons. The summed E-state index contributed by atoms with van der Waals surface area (Å²) in [6.07, 6.45) is -15.4. The molecule has 0 atom stereocenters. The highest BCUT2D eigenvalue weighted by atomic mass is 35.5. The summed E-state index contributed by atoms with van der Waals surface area (Å²) < 4.78 is 116. The van der Waals surface area contributed by atoms with Gasteiger partial charge in [0.15, 0.2) is 11.3 Å². The van der Waals surface area contributed by atoms with Crippen LogP contribution in [0, 0.1) is 0 Å². The molecule has 1 N–H and O–H groups in total. The van der Waals surface area contributed by atoms with Gasteiger partial charge >= 0.3 is 18.5 Å². The highest BCUT2D eigenvalue weighted by Crippen LogP contribution is 2.38. The summed E-state index contributed by atoms with van der Waals surface area (Å²) in [5.74, 6) is -2.73. The predicted molar refractivity (Wildman–Crippen MR) is 77.1 cm³/mol. The molecule has 2 aromatic heterocycles. The molecule has 0 aliphatic heterocycles. The molecule has 28 heavy (non-hydrogen) atoms. The molecule has 0 radical (unpaired) electrons. The Morgan fingerprint density at radius 2 is 1.43 bits per heavy atom. The lowest BCUT2D eigenvalue weighted by Gasteiger charge is -2.10. The number of hydrogen-bond donors (Lipinski definition) is 1. The lowest BCUT2D eigenvalue weighted by atomic mass is 10.1. The molecule has 3 rings (SSSR count). The van der Waals surface area contributed by atoms with Gasteiger partial charge in [-0.15, -0.1) is 0 Å². The van der Waals surface area contributed by atoms with E-state index in [1.54, 1.807) is 0 Å². The molecule has 0 bridgehead atoms. The fourth-order valence-corrected chi connectivity index (χ4v) is 2.45. The average Bonchev–Trinajstić information content (AvgIpc) is 2.94. The van der Waals surface area contributed by atoms with Gasteiger partial charge in [0, 0.05) is 5.56 Å². The van der Waals surface area contributed by atoms with Gasteiger partial charge in [-0.05, 0) is 18.2 Å². The van der Waals surface area contributed by atoms with E-state index >= 15 is 0 Å². The van der Waals surface area contributed by atoms with E-state index in [0.29, 0.717) is 12.1 Å². The Kier molecular flexibility index (Phi) is 4.48. The fourth-order valence-electron chi connectivity index (χ4n) is 2.24. The maximum absolute atomic E-state index is 13.1. The molecule has 4 nitrogen and oxygen atoms in total. The zero-order valence-corrected chi connectivity index (χ0v) is 13.6. The molecular formula is C14H4ClF9N4. The summed E-state index contributed by atoms with van der Waals surface area (Å²) in [5.41, 5.74) is -5.68. The van der Waals surface area contributed by atoms with Crippen LogP contribution in [0.3, 0.4) is 0 Å². The lowest BCUT2D eigenvalue weighted by molar-refractivity contribution is -0.151. The van der Waals surface area contributed by atoms with Crippen molar-refractivity contribution in [2.45, 2.75) is 18.5 Å². The van der Waals surface area contributed by atoms with E-state index in [1.807, 2.05) is 4.98 Å². The number of rotatable bonds is 1. The first-order valence-corrected chi connectivity index (χ1v) is 7.35. The number of fused-ring (bicyclic) bond motifs is 1. The van der Waals surface area contributed by atoms with Crippen LogP contribution in [0.1, 0.15) is 17.1 Å². The van der Waals surface area contributed by atoms with E-state index in [4.69, 9.17) is 11.6 Å². The van der Waals surface area contributed by atoms with Crippen molar-refractivity contribution in [3.05, 3.63) is 40.3 Å². The number of aromatic amines is 1. The third kappa shape index (κ3) is 3.70. The number of alkyl halides is 9. The van der Waals surface area contributed by atoms with Crippen LogP contribution in [-0.2, 0) is 18.5 Å². The fraction of sp³-hybridized carbons (Fsp3) is 0.214. The van der Waals surface area contributed by atoms with Crippen LogP contribution in [0.2, 0.25) is 5.02 Å². The zero-order valence-electron chi connectivity index (χ0n) is 12.9. The minimum Gasteiger partial charge on any atom is -0.335 e. The van der Waals surface area contributed by atoms with Gasteiger partial charge in [0.2, 0.25) is 5.82 Å². The largest absolute Gasteiger partial charge is 0.451 e. The first kappa shape index (κ1) is 20.2. The van der Waals surface area contributed by atoms with E-state index in [-0.39, 0.29) is 5.02 Å². The van der Waals surface area contributed by atoms with Crippen LogP contribution in [0.4, 0.5) is 39.5 Å². The topological polar surface area (TPSA) is 54.5 Å². The number of hydrogen-bond acceptors (Lipinski definition) is 3. The molecule has 3 aromatic rings. The molecule has 0 aliphatic rings. The van der Waals surface area contributed by atoms with Crippen LogP contribution in [0.25, 0.3) is 22.6 Å². The first-order chi connectivity index (χ1) is 12.7. The molecule has 2 heterocycles. The van der Waals surface area contributed by atoms with Crippen molar-refractivity contribution in [2.75, 3.05) is 0 Å². The summed E-state index contributed by atoms with van der Waals surface area (Å²) >= 11 is 5.78. The van der Waals surface area contributed by atoms with E-state index in [2.05, 4.69) is 15.0 Å². The Bertz CT molecular complexity index is 1050. The van der Waals surface area contributed by atoms with Crippen molar-refractivity contribution < 1.29 is 39.5 Å². The Labute approximate surface area is 153 Å². The number of nitrogens with one attached hydrogen (secondary N) is 1. The van der Waals surface area contributed by atoms with Crippen molar-refractivity contribution in [3.63, 3.8) is 0 Å². The maximum atomic E-state index is 13.1. The van der Waals surface area contributed by atoms with Gasteiger partial charge in [0.1, 0.15) is 11.3 Å². The molecule has 1 aromatic carbocycles. The molecular weight excluding hydrogens is 431 g/mol. The summed E-state index contributed by atoms with van der Waals surface area (Å²) in [6, 6.07) is 1.94. The zero-order chi connectivity index (χ0) is 21.1. The first-order valence-electron chi connectivity index (χ1n) is 6.97. The van der Waals surface area contributed by atoms with Gasteiger partial charge in [-0.2, -0.15) is 39.5 Å². The van der Waals surface area contributed by atoms with Crippen LogP contribution in [-0.4, -0.2) is 19.9 Å². The van der Waals surface area contributed by atoms with Gasteiger partial charge in [-0.25, -0.2) is 15.0 Å². The standard InChI is InChI=1S/C14H4ClF9N4/c15-6-2-1-4(12(16,17)18)3-5(6)9-25-7-8(13(19,20)21)26-11(14(22,23)24)28-10(7)27-9/h1-3H,(H,25,26,27,28). The van der Waals surface area contributed by atoms with Crippen LogP contribution in [0.5, 0.6) is 0 Å². The van der Waals surface area contributed by atoms with E-state index in [9.17, 15) is 39.5 Å². The van der Waals surface area contributed by atoms with Crippen LogP contribution in [0.15, 0.2) is 18.2 Å². The summed E-state index contributed by atoms with van der Waals surface area (Å²) in [5, 5.41) is -0.329. The Balaban J connectivity index is 2.29. The Morgan fingerprint density at radius 3 is 1.96 bits per heavy atom. The Morgan fingerprint density at radius 1 is 0.786 bits per heavy atom. The smallest absolute Gasteiger partial charge is 0.335 e. The molecule has 0 saturated carbocycles. The summed E-state index contributed by atoms with van der Waals surface area (Å²) in [6.45, 7) is 0. The van der Waals surface area contributed by atoms with Gasteiger partial charge < -0.3 is 4.98 Å². The van der Waals surface area contributed by atoms with Crippen molar-refractivity contribution in [3.8, 4) is 11.4 Å². The maximum Gasteiger partial charge on any atom is 0.451 e. The number of aromatic nitrogens is 4. The third-order valence-corrected chi connectivity index (χ3v) is 3.75. The quantitative estimate of drug-likeness (QED) is 0.498. The number of imidazole rings is 1. The second kappa shape index (κ2) is 6.22. The normalized spacial score (nSPS) is 13.4. The lowest BCUT2D eigenvalue weighted by Crippen LogP contribution is -2.17. The van der Waals surface area contributed by atoms with Crippen molar-refractivity contribution in [1.29, 1.82) is 0 Å². The van der Waals surface area contributed by atoms with Crippen molar-refractivity contribution in [1.82, 2.24) is 19.9 Å².